The molecule has 2 N–H and O–H groups in total. The fraction of sp³-hybridized carbons (Fsp3) is 0.227. The number of hydrogen-bond donors (Lipinski definition) is 2. The zero-order valence-electron chi connectivity index (χ0n) is 16.9. The number of aromatic nitrogens is 2. The average Bonchev–Trinajstić information content (AvgIpc) is 3.09. The topological polar surface area (TPSA) is 70.1 Å². The van der Waals surface area contributed by atoms with Gasteiger partial charge in [0, 0.05) is 17.3 Å². The van der Waals surface area contributed by atoms with Crippen molar-refractivity contribution < 1.29 is 17.6 Å². The highest BCUT2D eigenvalue weighted by Crippen LogP contribution is 2.42. The fourth-order valence-corrected chi connectivity index (χ4v) is 4.13. The lowest BCUT2D eigenvalue weighted by Crippen LogP contribution is -2.41. The Hall–Kier alpha value is -3.01. The van der Waals surface area contributed by atoms with Gasteiger partial charge < -0.3 is 10.3 Å². The van der Waals surface area contributed by atoms with Gasteiger partial charge in [0.2, 0.25) is 0 Å². The summed E-state index contributed by atoms with van der Waals surface area (Å²) in [4.78, 5) is 23.2. The second-order valence-electron chi connectivity index (χ2n) is 7.54. The third kappa shape index (κ3) is 3.72. The van der Waals surface area contributed by atoms with Gasteiger partial charge in [0.25, 0.3) is 5.56 Å². The van der Waals surface area contributed by atoms with Gasteiger partial charge in [-0.3, -0.25) is 9.78 Å². The van der Waals surface area contributed by atoms with Gasteiger partial charge in [0.05, 0.1) is 16.2 Å². The third-order valence-corrected chi connectivity index (χ3v) is 6.09. The maximum atomic E-state index is 13.9. The normalized spacial score (nSPS) is 20.7. The molecular weight excluding hydrogens is 492 g/mol. The van der Waals surface area contributed by atoms with E-state index in [4.69, 9.17) is 4.99 Å². The fourth-order valence-electron chi connectivity index (χ4n) is 3.75. The number of pyridine rings is 2. The minimum Gasteiger partial charge on any atom is -0.363 e. The van der Waals surface area contributed by atoms with Crippen LogP contribution >= 0.6 is 15.9 Å². The zero-order valence-corrected chi connectivity index (χ0v) is 18.5. The number of alkyl halides is 3. The second-order valence-corrected chi connectivity index (χ2v) is 8.39. The molecule has 32 heavy (non-hydrogen) atoms. The summed E-state index contributed by atoms with van der Waals surface area (Å²) in [5.74, 6) is -0.130. The monoisotopic (exact) mass is 508 g/mol. The molecule has 166 valence electrons. The summed E-state index contributed by atoms with van der Waals surface area (Å²) >= 11 is 3.17. The van der Waals surface area contributed by atoms with E-state index < -0.39 is 29.3 Å². The summed E-state index contributed by atoms with van der Waals surface area (Å²) in [6.45, 7) is 3.47. The van der Waals surface area contributed by atoms with Gasteiger partial charge in [0.1, 0.15) is 22.9 Å². The maximum Gasteiger partial charge on any atom is 0.433 e. The van der Waals surface area contributed by atoms with E-state index in [9.17, 15) is 22.4 Å². The molecular formula is C22H17BrF4N4O. The van der Waals surface area contributed by atoms with Crippen LogP contribution in [0.5, 0.6) is 0 Å². The highest BCUT2D eigenvalue weighted by Gasteiger charge is 2.46. The second kappa shape index (κ2) is 7.84. The standard InChI is InChI=1S/C22H17BrF4N4O/c1-11-3-7-17(30-20(11)32)19-29-12(2)21(31-19,13-4-6-16(24)15(23)9-13)14-5-8-18(28-10-14)22(25,26)27/h3-10,12H,1-2H3,(H,29,31)(H,30,32)/t12-,21+/m0/s1. The molecule has 0 aliphatic carbocycles. The van der Waals surface area contributed by atoms with Crippen LogP contribution in [0.3, 0.4) is 0 Å². The first-order valence-electron chi connectivity index (χ1n) is 9.58. The van der Waals surface area contributed by atoms with Crippen molar-refractivity contribution in [1.82, 2.24) is 15.3 Å². The minimum absolute atomic E-state index is 0.189. The zero-order chi connectivity index (χ0) is 23.3. The lowest BCUT2D eigenvalue weighted by Gasteiger charge is -2.32. The Labute approximate surface area is 188 Å². The van der Waals surface area contributed by atoms with Gasteiger partial charge in [-0.15, -0.1) is 0 Å². The summed E-state index contributed by atoms with van der Waals surface area (Å²) in [5.41, 5.74) is -0.647. The molecule has 10 heteroatoms. The van der Waals surface area contributed by atoms with Gasteiger partial charge in [-0.1, -0.05) is 18.2 Å². The average molecular weight is 509 g/mol. The van der Waals surface area contributed by atoms with Crippen molar-refractivity contribution in [3.8, 4) is 0 Å². The van der Waals surface area contributed by atoms with Crippen molar-refractivity contribution in [2.24, 2.45) is 4.99 Å². The van der Waals surface area contributed by atoms with Gasteiger partial charge in [0.15, 0.2) is 0 Å². The van der Waals surface area contributed by atoms with Crippen LogP contribution in [0.15, 0.2) is 62.9 Å². The van der Waals surface area contributed by atoms with Crippen LogP contribution in [0.4, 0.5) is 17.6 Å². The van der Waals surface area contributed by atoms with Crippen molar-refractivity contribution >= 4 is 21.8 Å². The van der Waals surface area contributed by atoms with Crippen LogP contribution in [-0.4, -0.2) is 21.8 Å². The molecule has 0 amide bonds. The Morgan fingerprint density at radius 3 is 2.41 bits per heavy atom. The van der Waals surface area contributed by atoms with Crippen LogP contribution < -0.4 is 10.9 Å². The quantitative estimate of drug-likeness (QED) is 0.504. The highest BCUT2D eigenvalue weighted by molar-refractivity contribution is 9.10. The Morgan fingerprint density at radius 2 is 1.81 bits per heavy atom. The molecule has 2 atom stereocenters. The van der Waals surface area contributed by atoms with E-state index in [1.807, 2.05) is 0 Å². The molecule has 3 heterocycles. The lowest BCUT2D eigenvalue weighted by atomic mass is 9.79. The summed E-state index contributed by atoms with van der Waals surface area (Å²) in [7, 11) is 0. The van der Waals surface area contributed by atoms with E-state index in [1.165, 1.54) is 24.3 Å². The maximum absolute atomic E-state index is 13.9. The predicted octanol–water partition coefficient (Wildman–Crippen LogP) is 4.68. The molecule has 0 saturated heterocycles. The van der Waals surface area contributed by atoms with Crippen LogP contribution in [0.25, 0.3) is 0 Å². The number of amidine groups is 1. The van der Waals surface area contributed by atoms with E-state index in [2.05, 4.69) is 31.2 Å². The first-order valence-corrected chi connectivity index (χ1v) is 10.4. The van der Waals surface area contributed by atoms with Gasteiger partial charge in [-0.05, 0) is 59.6 Å². The van der Waals surface area contributed by atoms with E-state index in [-0.39, 0.29) is 10.0 Å². The number of halogens is 5. The van der Waals surface area contributed by atoms with Crippen LogP contribution in [0.1, 0.15) is 35.0 Å². The van der Waals surface area contributed by atoms with Crippen LogP contribution in [0.2, 0.25) is 0 Å². The number of rotatable bonds is 3. The molecule has 2 aromatic heterocycles. The van der Waals surface area contributed by atoms with E-state index >= 15 is 0 Å². The number of nitrogens with zero attached hydrogens (tertiary/aromatic N) is 2. The summed E-state index contributed by atoms with van der Waals surface area (Å²) < 4.78 is 53.3. The van der Waals surface area contributed by atoms with Crippen molar-refractivity contribution in [2.45, 2.75) is 31.6 Å². The first-order chi connectivity index (χ1) is 15.0. The molecule has 0 radical (unpaired) electrons. The number of aliphatic imine (C=N–C) groups is 1. The Bertz CT molecular complexity index is 1270. The molecule has 1 aromatic carbocycles. The first kappa shape index (κ1) is 22.2. The van der Waals surface area contributed by atoms with Crippen molar-refractivity contribution in [2.75, 3.05) is 0 Å². The van der Waals surface area contributed by atoms with Gasteiger partial charge >= 0.3 is 6.18 Å². The highest BCUT2D eigenvalue weighted by atomic mass is 79.9. The molecule has 5 nitrogen and oxygen atoms in total. The number of aromatic amines is 1. The largest absolute Gasteiger partial charge is 0.433 e. The Morgan fingerprint density at radius 1 is 1.09 bits per heavy atom. The third-order valence-electron chi connectivity index (χ3n) is 5.48. The van der Waals surface area contributed by atoms with E-state index in [0.717, 1.165) is 12.3 Å². The molecule has 0 saturated carbocycles. The molecule has 1 aliphatic heterocycles. The predicted molar refractivity (Wildman–Crippen MR) is 115 cm³/mol. The van der Waals surface area contributed by atoms with Crippen molar-refractivity contribution in [1.29, 1.82) is 0 Å². The summed E-state index contributed by atoms with van der Waals surface area (Å²) in [5, 5.41) is 3.20. The lowest BCUT2D eigenvalue weighted by molar-refractivity contribution is -0.141. The smallest absolute Gasteiger partial charge is 0.363 e. The molecule has 3 aromatic rings. The molecule has 4 rings (SSSR count). The number of benzene rings is 1. The molecule has 0 unspecified atom stereocenters. The minimum atomic E-state index is -4.58. The van der Waals surface area contributed by atoms with Crippen LogP contribution in [-0.2, 0) is 11.7 Å². The molecule has 0 fully saturated rings. The molecule has 0 spiro atoms. The molecule has 0 bridgehead atoms. The number of hydrogen-bond acceptors (Lipinski definition) is 4. The number of nitrogens with one attached hydrogen (secondary N) is 2. The molecule has 1 aliphatic rings. The Kier molecular flexibility index (Phi) is 5.44. The van der Waals surface area contributed by atoms with Gasteiger partial charge in [-0.2, -0.15) is 13.2 Å². The van der Waals surface area contributed by atoms with E-state index in [1.54, 1.807) is 26.0 Å². The van der Waals surface area contributed by atoms with Gasteiger partial charge in [-0.25, -0.2) is 9.38 Å². The number of H-pyrrole nitrogens is 1. The van der Waals surface area contributed by atoms with Crippen LogP contribution in [0, 0.1) is 12.7 Å². The summed E-state index contributed by atoms with van der Waals surface area (Å²) in [6.07, 6.45) is -3.46. The van der Waals surface area contributed by atoms with Crippen molar-refractivity contribution in [3.05, 3.63) is 97.4 Å². The number of aryl methyl sites for hydroxylation is 1. The SMILES string of the molecule is Cc1ccc(C2=N[C@@](c3ccc(C(F)(F)F)nc3)(c3ccc(F)c(Br)c3)[C@H](C)N2)[nH]c1=O. The Balaban J connectivity index is 1.93. The van der Waals surface area contributed by atoms with Crippen molar-refractivity contribution in [3.63, 3.8) is 0 Å². The summed E-state index contributed by atoms with van der Waals surface area (Å²) in [6, 6.07) is 9.41. The van der Waals surface area contributed by atoms with E-state index in [0.29, 0.717) is 28.2 Å².